The van der Waals surface area contributed by atoms with Gasteiger partial charge in [0.15, 0.2) is 5.11 Å². The van der Waals surface area contributed by atoms with Gasteiger partial charge in [-0.1, -0.05) is 25.5 Å². The molecule has 0 bridgehead atoms. The first-order chi connectivity index (χ1) is 12.4. The lowest BCUT2D eigenvalue weighted by Gasteiger charge is -2.36. The van der Waals surface area contributed by atoms with Crippen LogP contribution in [0.25, 0.3) is 0 Å². The molecule has 0 saturated heterocycles. The van der Waals surface area contributed by atoms with Crippen molar-refractivity contribution < 1.29 is 17.9 Å². The van der Waals surface area contributed by atoms with Crippen molar-refractivity contribution in [2.24, 2.45) is 4.36 Å². The number of rotatable bonds is 8. The Morgan fingerprint density at radius 2 is 1.92 bits per heavy atom. The third-order valence-electron chi connectivity index (χ3n) is 4.19. The maximum atomic E-state index is 13.5. The quantitative estimate of drug-likeness (QED) is 0.674. The predicted octanol–water partition coefficient (Wildman–Crippen LogP) is 2.15. The summed E-state index contributed by atoms with van der Waals surface area (Å²) in [6.07, 6.45) is 1.10. The minimum Gasteiger partial charge on any atom is -0.497 e. The summed E-state index contributed by atoms with van der Waals surface area (Å²) in [6.45, 7) is 3.94. The van der Waals surface area contributed by atoms with Crippen LogP contribution in [-0.4, -0.2) is 51.6 Å². The summed E-state index contributed by atoms with van der Waals surface area (Å²) in [7, 11) is 0.590. The van der Waals surface area contributed by atoms with Gasteiger partial charge in [-0.2, -0.15) is 12.8 Å². The first-order valence-corrected chi connectivity index (χ1v) is 9.75. The SMILES string of the molecule is CCCC(CN=S(=O)=O)(C(=O)N(CC)C(=S)NC)c1ccc(OC)cc1. The summed E-state index contributed by atoms with van der Waals surface area (Å²) < 4.78 is 31.0. The Bertz CT molecular complexity index is 755. The van der Waals surface area contributed by atoms with Gasteiger partial charge in [-0.3, -0.25) is 9.69 Å². The van der Waals surface area contributed by atoms with Crippen molar-refractivity contribution in [2.45, 2.75) is 32.1 Å². The van der Waals surface area contributed by atoms with Crippen molar-refractivity contribution in [2.75, 3.05) is 27.2 Å². The minimum absolute atomic E-state index is 0.176. The standard InChI is InChI=1S/C17H25N3O4S2/c1-5-11-17(12-19-26(22)23,13-7-9-14(24-4)10-8-13)15(21)20(6-2)16(25)18-3/h7-10H,5-6,11-12H2,1-4H3,(H,18,25). The zero-order valence-electron chi connectivity index (χ0n) is 15.5. The lowest BCUT2D eigenvalue weighted by molar-refractivity contribution is -0.133. The highest BCUT2D eigenvalue weighted by molar-refractivity contribution is 7.80. The predicted molar refractivity (Wildman–Crippen MR) is 105 cm³/mol. The van der Waals surface area contributed by atoms with Crippen LogP contribution in [0.2, 0.25) is 0 Å². The second kappa shape index (κ2) is 10.2. The van der Waals surface area contributed by atoms with Crippen LogP contribution in [0, 0.1) is 0 Å². The zero-order chi connectivity index (χ0) is 19.7. The van der Waals surface area contributed by atoms with Gasteiger partial charge in [0.05, 0.1) is 19.1 Å². The number of nitrogens with one attached hydrogen (secondary N) is 1. The van der Waals surface area contributed by atoms with Gasteiger partial charge in [-0.15, -0.1) is 0 Å². The molecular weight excluding hydrogens is 374 g/mol. The van der Waals surface area contributed by atoms with Crippen LogP contribution in [-0.2, 0) is 20.7 Å². The Kier molecular flexibility index (Phi) is 8.67. The number of benzene rings is 1. The first kappa shape index (κ1) is 22.0. The fraction of sp³-hybridized carbons (Fsp3) is 0.529. The van der Waals surface area contributed by atoms with E-state index >= 15 is 0 Å². The molecule has 0 aromatic heterocycles. The summed E-state index contributed by atoms with van der Waals surface area (Å²) in [5, 5.41) is 3.10. The number of hydrogen-bond donors (Lipinski definition) is 1. The van der Waals surface area contributed by atoms with Crippen LogP contribution >= 0.6 is 12.2 Å². The third-order valence-corrected chi connectivity index (χ3v) is 4.95. The van der Waals surface area contributed by atoms with Crippen LogP contribution < -0.4 is 10.1 Å². The van der Waals surface area contributed by atoms with Crippen LogP contribution in [0.1, 0.15) is 32.3 Å². The lowest BCUT2D eigenvalue weighted by atomic mass is 9.75. The molecular formula is C17H25N3O4S2. The van der Waals surface area contributed by atoms with Gasteiger partial charge in [0.25, 0.3) is 0 Å². The van der Waals surface area contributed by atoms with Crippen molar-refractivity contribution in [3.05, 3.63) is 29.8 Å². The fourth-order valence-corrected chi connectivity index (χ4v) is 3.42. The average Bonchev–Trinajstić information content (AvgIpc) is 2.65. The van der Waals surface area contributed by atoms with Gasteiger partial charge in [0.1, 0.15) is 5.75 Å². The highest BCUT2D eigenvalue weighted by Gasteiger charge is 2.43. The van der Waals surface area contributed by atoms with Crippen LogP contribution in [0.3, 0.4) is 0 Å². The van der Waals surface area contributed by atoms with Crippen molar-refractivity contribution >= 4 is 33.7 Å². The summed E-state index contributed by atoms with van der Waals surface area (Å²) in [5.41, 5.74) is -0.449. The largest absolute Gasteiger partial charge is 0.497 e. The van der Waals surface area contributed by atoms with E-state index in [0.29, 0.717) is 30.7 Å². The summed E-state index contributed by atoms with van der Waals surface area (Å²) in [6, 6.07) is 7.03. The molecule has 1 rings (SSSR count). The highest BCUT2D eigenvalue weighted by atomic mass is 32.2. The van der Waals surface area contributed by atoms with E-state index in [1.165, 1.54) is 4.90 Å². The molecule has 7 nitrogen and oxygen atoms in total. The number of likely N-dealkylation sites (N-methyl/N-ethyl adjacent to an activating group) is 1. The van der Waals surface area contributed by atoms with E-state index in [0.717, 1.165) is 0 Å². The van der Waals surface area contributed by atoms with Crippen molar-refractivity contribution in [3.63, 3.8) is 0 Å². The molecule has 1 unspecified atom stereocenters. The molecule has 144 valence electrons. The van der Waals surface area contributed by atoms with Gasteiger partial charge < -0.3 is 10.1 Å². The maximum absolute atomic E-state index is 13.5. The van der Waals surface area contributed by atoms with E-state index in [1.807, 2.05) is 13.8 Å². The number of hydrogen-bond acceptors (Lipinski definition) is 6. The van der Waals surface area contributed by atoms with E-state index in [4.69, 9.17) is 17.0 Å². The Morgan fingerprint density at radius 1 is 1.31 bits per heavy atom. The number of ether oxygens (including phenoxy) is 1. The smallest absolute Gasteiger partial charge is 0.311 e. The molecule has 0 aliphatic heterocycles. The van der Waals surface area contributed by atoms with Gasteiger partial charge in [0, 0.05) is 13.6 Å². The molecule has 9 heteroatoms. The summed E-state index contributed by atoms with van der Waals surface area (Å²) in [5.74, 6) is 0.370. The van der Waals surface area contributed by atoms with Crippen LogP contribution in [0.4, 0.5) is 0 Å². The van der Waals surface area contributed by atoms with E-state index < -0.39 is 15.9 Å². The Morgan fingerprint density at radius 3 is 2.35 bits per heavy atom. The van der Waals surface area contributed by atoms with E-state index in [-0.39, 0.29) is 17.6 Å². The molecule has 0 heterocycles. The van der Waals surface area contributed by atoms with Crippen LogP contribution in [0.5, 0.6) is 5.75 Å². The molecule has 0 radical (unpaired) electrons. The second-order valence-corrected chi connectivity index (χ2v) is 6.75. The molecule has 1 amide bonds. The number of carbonyl (C=O) groups excluding carboxylic acids is 1. The van der Waals surface area contributed by atoms with Crippen LogP contribution in [0.15, 0.2) is 28.6 Å². The van der Waals surface area contributed by atoms with Gasteiger partial charge in [0.2, 0.25) is 5.91 Å². The monoisotopic (exact) mass is 399 g/mol. The Balaban J connectivity index is 3.57. The molecule has 26 heavy (non-hydrogen) atoms. The van der Waals surface area contributed by atoms with Crippen molar-refractivity contribution in [3.8, 4) is 5.75 Å². The van der Waals surface area contributed by atoms with Gasteiger partial charge in [-0.25, -0.2) is 0 Å². The first-order valence-electron chi connectivity index (χ1n) is 8.31. The molecule has 0 aliphatic rings. The molecule has 1 atom stereocenters. The van der Waals surface area contributed by atoms with E-state index in [9.17, 15) is 13.2 Å². The number of amides is 1. The highest BCUT2D eigenvalue weighted by Crippen LogP contribution is 2.34. The lowest BCUT2D eigenvalue weighted by Crippen LogP contribution is -2.53. The molecule has 0 fully saturated rings. The second-order valence-electron chi connectivity index (χ2n) is 5.67. The fourth-order valence-electron chi connectivity index (χ4n) is 2.89. The Hall–Kier alpha value is -2.00. The number of thiocarbonyl (C=S) groups is 1. The van der Waals surface area contributed by atoms with Crippen molar-refractivity contribution in [1.82, 2.24) is 10.2 Å². The molecule has 1 aromatic carbocycles. The molecule has 0 saturated carbocycles. The summed E-state index contributed by atoms with van der Waals surface area (Å²) in [4.78, 5) is 14.9. The van der Waals surface area contributed by atoms with Gasteiger partial charge in [-0.05, 0) is 43.3 Å². The minimum atomic E-state index is -2.61. The van der Waals surface area contributed by atoms with Crippen molar-refractivity contribution in [1.29, 1.82) is 0 Å². The maximum Gasteiger partial charge on any atom is 0.311 e. The summed E-state index contributed by atoms with van der Waals surface area (Å²) >= 11 is 5.25. The topological polar surface area (TPSA) is 88.1 Å². The normalized spacial score (nSPS) is 12.6. The number of carbonyl (C=O) groups is 1. The van der Waals surface area contributed by atoms with E-state index in [1.54, 1.807) is 38.4 Å². The Labute approximate surface area is 161 Å². The van der Waals surface area contributed by atoms with E-state index in [2.05, 4.69) is 9.68 Å². The van der Waals surface area contributed by atoms with Gasteiger partial charge >= 0.3 is 10.5 Å². The molecule has 1 N–H and O–H groups in total. The number of methoxy groups -OCH3 is 1. The molecule has 0 aliphatic carbocycles. The number of nitrogens with zero attached hydrogens (tertiary/aromatic N) is 2. The molecule has 1 aromatic rings. The molecule has 0 spiro atoms. The zero-order valence-corrected chi connectivity index (χ0v) is 17.1. The third kappa shape index (κ3) is 5.01. The average molecular weight is 400 g/mol.